The van der Waals surface area contributed by atoms with Gasteiger partial charge in [-0.3, -0.25) is 0 Å². The average Bonchev–Trinajstić information content (AvgIpc) is 2.82. The van der Waals surface area contributed by atoms with Gasteiger partial charge in [0.1, 0.15) is 10.7 Å². The summed E-state index contributed by atoms with van der Waals surface area (Å²) in [5.41, 5.74) is 5.46. The van der Waals surface area contributed by atoms with Crippen molar-refractivity contribution in [2.24, 2.45) is 11.7 Å². The minimum Gasteiger partial charge on any atom is -0.452 e. The molecule has 20 heavy (non-hydrogen) atoms. The van der Waals surface area contributed by atoms with Crippen LogP contribution >= 0.6 is 15.9 Å². The second-order valence-electron chi connectivity index (χ2n) is 4.90. The zero-order valence-corrected chi connectivity index (χ0v) is 13.7. The summed E-state index contributed by atoms with van der Waals surface area (Å²) in [6, 6.07) is 1.47. The summed E-state index contributed by atoms with van der Waals surface area (Å²) in [4.78, 5) is 0.132. The zero-order valence-electron chi connectivity index (χ0n) is 11.3. The van der Waals surface area contributed by atoms with E-state index >= 15 is 0 Å². The van der Waals surface area contributed by atoms with Gasteiger partial charge in [-0.2, -0.15) is 0 Å². The monoisotopic (exact) mass is 366 g/mol. The van der Waals surface area contributed by atoms with Gasteiger partial charge >= 0.3 is 0 Å². The molecule has 0 unspecified atom stereocenters. The van der Waals surface area contributed by atoms with E-state index in [1.165, 1.54) is 10.4 Å². The Labute approximate surface area is 127 Å². The fourth-order valence-electron chi connectivity index (χ4n) is 2.23. The Morgan fingerprint density at radius 3 is 2.65 bits per heavy atom. The summed E-state index contributed by atoms with van der Waals surface area (Å²) in [5.74, 6) is 0.776. The van der Waals surface area contributed by atoms with Crippen LogP contribution in [0, 0.1) is 5.92 Å². The minimum atomic E-state index is -3.56. The van der Waals surface area contributed by atoms with Gasteiger partial charge in [-0.15, -0.1) is 0 Å². The van der Waals surface area contributed by atoms with Gasteiger partial charge in [0, 0.05) is 32.9 Å². The van der Waals surface area contributed by atoms with E-state index < -0.39 is 10.0 Å². The lowest BCUT2D eigenvalue weighted by atomic mass is 10.0. The largest absolute Gasteiger partial charge is 0.452 e. The number of nitrogens with two attached hydrogens (primary N) is 1. The first-order valence-corrected chi connectivity index (χ1v) is 8.71. The van der Waals surface area contributed by atoms with Crippen molar-refractivity contribution in [3.63, 3.8) is 0 Å². The summed E-state index contributed by atoms with van der Waals surface area (Å²) in [5, 5.41) is 0. The molecule has 1 aliphatic rings. The van der Waals surface area contributed by atoms with Crippen LogP contribution in [0.1, 0.15) is 18.6 Å². The molecule has 0 aliphatic carbocycles. The predicted octanol–water partition coefficient (Wildman–Crippen LogP) is 1.55. The number of rotatable bonds is 5. The van der Waals surface area contributed by atoms with Crippen LogP contribution in [0.2, 0.25) is 0 Å². The Balaban J connectivity index is 2.13. The van der Waals surface area contributed by atoms with E-state index in [-0.39, 0.29) is 16.1 Å². The summed E-state index contributed by atoms with van der Waals surface area (Å²) in [6.07, 6.45) is 1.78. The van der Waals surface area contributed by atoms with E-state index in [0.29, 0.717) is 31.4 Å². The molecule has 0 amide bonds. The molecule has 0 bridgehead atoms. The molecule has 114 valence electrons. The highest BCUT2D eigenvalue weighted by Crippen LogP contribution is 2.29. The lowest BCUT2D eigenvalue weighted by Gasteiger charge is -2.26. The van der Waals surface area contributed by atoms with Crippen LogP contribution in [0.15, 0.2) is 20.0 Å². The third kappa shape index (κ3) is 3.43. The smallest absolute Gasteiger partial charge is 0.247 e. The van der Waals surface area contributed by atoms with Crippen molar-refractivity contribution < 1.29 is 17.6 Å². The molecule has 0 radical (unpaired) electrons. The van der Waals surface area contributed by atoms with Crippen molar-refractivity contribution in [1.82, 2.24) is 4.31 Å². The molecule has 0 saturated carbocycles. The Morgan fingerprint density at radius 2 is 2.10 bits per heavy atom. The third-order valence-corrected chi connectivity index (χ3v) is 6.13. The molecule has 1 aromatic heterocycles. The number of nitrogens with zero attached hydrogens (tertiary/aromatic N) is 1. The maximum atomic E-state index is 12.5. The quantitative estimate of drug-likeness (QED) is 0.854. The summed E-state index contributed by atoms with van der Waals surface area (Å²) >= 11 is 3.14. The predicted molar refractivity (Wildman–Crippen MR) is 77.7 cm³/mol. The van der Waals surface area contributed by atoms with Crippen LogP contribution in [-0.4, -0.2) is 39.5 Å². The lowest BCUT2D eigenvalue weighted by Crippen LogP contribution is -2.34. The average molecular weight is 367 g/mol. The second-order valence-corrected chi connectivity index (χ2v) is 7.63. The molecule has 1 aliphatic heterocycles. The van der Waals surface area contributed by atoms with Crippen LogP contribution in [0.3, 0.4) is 0 Å². The highest BCUT2D eigenvalue weighted by molar-refractivity contribution is 9.10. The summed E-state index contributed by atoms with van der Waals surface area (Å²) < 4.78 is 37.2. The Bertz CT molecular complexity index is 552. The molecule has 0 atom stereocenters. The molecule has 2 heterocycles. The van der Waals surface area contributed by atoms with Crippen molar-refractivity contribution in [2.75, 3.05) is 26.8 Å². The fourth-order valence-corrected chi connectivity index (χ4v) is 4.44. The van der Waals surface area contributed by atoms with Gasteiger partial charge in [0.2, 0.25) is 10.0 Å². The molecule has 1 aromatic rings. The number of sulfonamides is 1. The molecule has 6 nitrogen and oxygen atoms in total. The Hall–Kier alpha value is -0.410. The number of hydrogen-bond donors (Lipinski definition) is 1. The zero-order chi connectivity index (χ0) is 14.8. The van der Waals surface area contributed by atoms with Crippen molar-refractivity contribution in [2.45, 2.75) is 24.3 Å². The molecule has 8 heteroatoms. The molecule has 1 saturated heterocycles. The van der Waals surface area contributed by atoms with E-state index in [9.17, 15) is 8.42 Å². The molecule has 1 fully saturated rings. The van der Waals surface area contributed by atoms with E-state index in [1.807, 2.05) is 0 Å². The van der Waals surface area contributed by atoms with E-state index in [1.54, 1.807) is 7.05 Å². The summed E-state index contributed by atoms with van der Waals surface area (Å²) in [7, 11) is -1.97. The van der Waals surface area contributed by atoms with Crippen LogP contribution in [0.5, 0.6) is 0 Å². The van der Waals surface area contributed by atoms with Gasteiger partial charge in [0.15, 0.2) is 4.67 Å². The van der Waals surface area contributed by atoms with Crippen LogP contribution in [-0.2, 0) is 21.3 Å². The number of ether oxygens (including phenoxy) is 1. The van der Waals surface area contributed by atoms with Gasteiger partial charge in [0.05, 0.1) is 6.54 Å². The van der Waals surface area contributed by atoms with Gasteiger partial charge < -0.3 is 14.9 Å². The number of hydrogen-bond acceptors (Lipinski definition) is 5. The standard InChI is InChI=1S/C12H19BrN2O4S/c1-15(8-9-2-4-18-5-3-9)20(16,17)11-6-10(7-14)19-12(11)13/h6,9H,2-5,7-8,14H2,1H3. The molecule has 0 aromatic carbocycles. The first-order valence-electron chi connectivity index (χ1n) is 6.47. The van der Waals surface area contributed by atoms with Crippen molar-refractivity contribution >= 4 is 26.0 Å². The Kier molecular flexibility index (Phi) is 5.25. The number of furan rings is 1. The highest BCUT2D eigenvalue weighted by atomic mass is 79.9. The molecular formula is C12H19BrN2O4S. The molecule has 2 rings (SSSR count). The first kappa shape index (κ1) is 16.0. The second kappa shape index (κ2) is 6.57. The van der Waals surface area contributed by atoms with Crippen molar-refractivity contribution in [1.29, 1.82) is 0 Å². The maximum absolute atomic E-state index is 12.5. The minimum absolute atomic E-state index is 0.132. The maximum Gasteiger partial charge on any atom is 0.247 e. The van der Waals surface area contributed by atoms with E-state index in [4.69, 9.17) is 14.9 Å². The summed E-state index contributed by atoms with van der Waals surface area (Å²) in [6.45, 7) is 2.05. The van der Waals surface area contributed by atoms with E-state index in [0.717, 1.165) is 12.8 Å². The topological polar surface area (TPSA) is 85.8 Å². The van der Waals surface area contributed by atoms with Crippen LogP contribution in [0.4, 0.5) is 0 Å². The third-order valence-electron chi connectivity index (χ3n) is 3.45. The van der Waals surface area contributed by atoms with E-state index in [2.05, 4.69) is 15.9 Å². The fraction of sp³-hybridized carbons (Fsp3) is 0.667. The molecular weight excluding hydrogens is 348 g/mol. The van der Waals surface area contributed by atoms with Gasteiger partial charge in [-0.25, -0.2) is 12.7 Å². The van der Waals surface area contributed by atoms with Gasteiger partial charge in [-0.05, 0) is 34.7 Å². The Morgan fingerprint density at radius 1 is 1.45 bits per heavy atom. The molecule has 0 spiro atoms. The van der Waals surface area contributed by atoms with Gasteiger partial charge in [0.25, 0.3) is 0 Å². The van der Waals surface area contributed by atoms with Crippen molar-refractivity contribution in [3.8, 4) is 0 Å². The lowest BCUT2D eigenvalue weighted by molar-refractivity contribution is 0.0620. The normalized spacial score (nSPS) is 17.8. The number of halogens is 1. The first-order chi connectivity index (χ1) is 9.45. The highest BCUT2D eigenvalue weighted by Gasteiger charge is 2.29. The SMILES string of the molecule is CN(CC1CCOCC1)S(=O)(=O)c1cc(CN)oc1Br. The van der Waals surface area contributed by atoms with Crippen LogP contribution in [0.25, 0.3) is 0 Å². The van der Waals surface area contributed by atoms with Crippen LogP contribution < -0.4 is 5.73 Å². The van der Waals surface area contributed by atoms with Crippen molar-refractivity contribution in [3.05, 3.63) is 16.5 Å². The van der Waals surface area contributed by atoms with Gasteiger partial charge in [-0.1, -0.05) is 0 Å². The molecule has 2 N–H and O–H groups in total.